The van der Waals surface area contributed by atoms with E-state index in [0.717, 1.165) is 81.3 Å². The number of aliphatic carboxylic acids is 1. The van der Waals surface area contributed by atoms with E-state index in [1.807, 2.05) is 45.0 Å². The van der Waals surface area contributed by atoms with E-state index in [9.17, 15) is 24.6 Å². The minimum Gasteiger partial charge on any atom is -0.481 e. The van der Waals surface area contributed by atoms with Crippen molar-refractivity contribution >= 4 is 23.3 Å². The van der Waals surface area contributed by atoms with Crippen molar-refractivity contribution < 1.29 is 24.6 Å². The number of hydrogen-bond donors (Lipinski definition) is 3. The van der Waals surface area contributed by atoms with E-state index < -0.39 is 11.4 Å². The zero-order valence-electron chi connectivity index (χ0n) is 33.7. The van der Waals surface area contributed by atoms with Gasteiger partial charge in [-0.2, -0.15) is 0 Å². The largest absolute Gasteiger partial charge is 0.481 e. The maximum Gasteiger partial charge on any atom is 0.309 e. The first kappa shape index (κ1) is 39.7. The molecule has 51 heavy (non-hydrogen) atoms. The molecule has 3 N–H and O–H groups in total. The van der Waals surface area contributed by atoms with E-state index in [-0.39, 0.29) is 56.7 Å². The maximum atomic E-state index is 14.2. The molecule has 0 heterocycles. The van der Waals surface area contributed by atoms with Gasteiger partial charge in [-0.15, -0.1) is 0 Å². The van der Waals surface area contributed by atoms with Gasteiger partial charge in [0.25, 0.3) is 0 Å². The molecular weight excluding hydrogens is 636 g/mol. The Kier molecular flexibility index (Phi) is 10.7. The highest BCUT2D eigenvalue weighted by Crippen LogP contribution is 2.75. The molecule has 9 atom stereocenters. The number of amides is 1. The number of carbonyl (C=O) groups excluding carboxylic acids is 2. The van der Waals surface area contributed by atoms with Crippen LogP contribution < -0.4 is 5.32 Å². The van der Waals surface area contributed by atoms with Crippen molar-refractivity contribution in [1.29, 1.82) is 0 Å². The Bertz CT molecular complexity index is 1540. The number of nitrogens with one attached hydrogen (secondary N) is 1. The topological polar surface area (TPSA) is 107 Å². The van der Waals surface area contributed by atoms with Gasteiger partial charge in [0.2, 0.25) is 5.91 Å². The van der Waals surface area contributed by atoms with Gasteiger partial charge >= 0.3 is 5.97 Å². The molecule has 0 saturated heterocycles. The summed E-state index contributed by atoms with van der Waals surface area (Å²) >= 11 is 0. The summed E-state index contributed by atoms with van der Waals surface area (Å²) in [6, 6.07) is 6.03. The number of aliphatic hydroxyl groups excluding tert-OH is 1. The number of aliphatic hydroxyl groups is 1. The van der Waals surface area contributed by atoms with Crippen LogP contribution in [-0.4, -0.2) is 58.5 Å². The van der Waals surface area contributed by atoms with Gasteiger partial charge in [0.1, 0.15) is 0 Å². The Morgan fingerprint density at radius 2 is 1.49 bits per heavy atom. The SMILES string of the molecule is CC1(C)[C@@H](O)CC[C@]2(C)[C@H]3C(=O)C=C4[C@@H]5C[C@@](C)(C(=O)O)CC[C@]5(C)CC[C@@]4(C)[C@]3(C)CC[C@@H]12.CCN(CC)CC(=O)Nc1c(C)cccc1C. The van der Waals surface area contributed by atoms with Crippen LogP contribution in [0.25, 0.3) is 0 Å². The van der Waals surface area contributed by atoms with Crippen LogP contribution in [0.3, 0.4) is 0 Å². The van der Waals surface area contributed by atoms with Crippen molar-refractivity contribution in [2.24, 2.45) is 50.2 Å². The van der Waals surface area contributed by atoms with Crippen molar-refractivity contribution in [3.05, 3.63) is 41.0 Å². The molecule has 4 fully saturated rings. The lowest BCUT2D eigenvalue weighted by Crippen LogP contribution is -2.66. The number of benzene rings is 1. The number of allylic oxidation sites excluding steroid dienone is 2. The first-order valence-corrected chi connectivity index (χ1v) is 19.9. The number of carboxylic acid groups (broad SMARTS) is 1. The van der Waals surface area contributed by atoms with Gasteiger partial charge in [0.15, 0.2) is 5.78 Å². The molecule has 284 valence electrons. The predicted molar refractivity (Wildman–Crippen MR) is 205 cm³/mol. The molecule has 7 nitrogen and oxygen atoms in total. The Labute approximate surface area is 308 Å². The molecule has 0 spiro atoms. The second-order valence-electron chi connectivity index (χ2n) is 19.2. The standard InChI is InChI=1S/C30H46O4.C14H22N2O/c1-25(2)21-8-11-30(7)23(28(21,5)10-9-22(25)32)20(31)16-18-19-17-27(4,24(33)34)13-12-26(19,3)14-15-29(18,30)6;1-5-16(6-2)10-13(17)15-14-11(3)8-7-9-12(14)4/h16,19,21-23,32H,8-15,17H2,1-7H3,(H,33,34);7-9H,5-6,10H2,1-4H3,(H,15,17)/t19-,21-,22-,23+,26+,27-,28-,29+,30+;/m0./s1. The highest BCUT2D eigenvalue weighted by Gasteiger charge is 2.70. The maximum absolute atomic E-state index is 14.2. The number of ketones is 1. The van der Waals surface area contributed by atoms with Crippen LogP contribution in [0, 0.1) is 64.1 Å². The van der Waals surface area contributed by atoms with Gasteiger partial charge in [-0.3, -0.25) is 19.3 Å². The molecule has 6 rings (SSSR count). The number of carboxylic acids is 1. The second kappa shape index (κ2) is 13.7. The van der Waals surface area contributed by atoms with Crippen molar-refractivity contribution in [1.82, 2.24) is 4.90 Å². The molecule has 0 unspecified atom stereocenters. The summed E-state index contributed by atoms with van der Waals surface area (Å²) in [4.78, 5) is 40.4. The third kappa shape index (κ3) is 6.44. The van der Waals surface area contributed by atoms with Gasteiger partial charge in [-0.1, -0.05) is 79.2 Å². The molecule has 0 aliphatic heterocycles. The summed E-state index contributed by atoms with van der Waals surface area (Å²) in [5, 5.41) is 23.9. The zero-order chi connectivity index (χ0) is 37.9. The smallest absolute Gasteiger partial charge is 0.309 e. The normalized spacial score (nSPS) is 39.6. The molecule has 0 bridgehead atoms. The van der Waals surface area contributed by atoms with Crippen molar-refractivity contribution in [2.75, 3.05) is 25.0 Å². The Balaban J connectivity index is 0.000000251. The van der Waals surface area contributed by atoms with Crippen LogP contribution in [0.15, 0.2) is 29.8 Å². The lowest BCUT2D eigenvalue weighted by atomic mass is 9.33. The van der Waals surface area contributed by atoms with E-state index in [0.29, 0.717) is 18.9 Å². The number of hydrogen-bond acceptors (Lipinski definition) is 5. The Morgan fingerprint density at radius 3 is 2.08 bits per heavy atom. The lowest BCUT2D eigenvalue weighted by Gasteiger charge is -2.70. The minimum atomic E-state index is -0.711. The van der Waals surface area contributed by atoms with Crippen LogP contribution in [0.4, 0.5) is 5.69 Å². The molecule has 5 aliphatic carbocycles. The van der Waals surface area contributed by atoms with Crippen molar-refractivity contribution in [2.45, 2.75) is 140 Å². The summed E-state index contributed by atoms with van der Waals surface area (Å²) in [5.41, 5.74) is 3.31. The molecule has 7 heteroatoms. The number of anilines is 1. The monoisotopic (exact) mass is 705 g/mol. The van der Waals surface area contributed by atoms with Gasteiger partial charge in [0.05, 0.1) is 18.1 Å². The number of fused-ring (bicyclic) bond motifs is 7. The third-order valence-corrected chi connectivity index (χ3v) is 16.1. The third-order valence-electron chi connectivity index (χ3n) is 16.1. The van der Waals surface area contributed by atoms with E-state index >= 15 is 0 Å². The average molecular weight is 705 g/mol. The zero-order valence-corrected chi connectivity index (χ0v) is 33.7. The first-order chi connectivity index (χ1) is 23.6. The van der Waals surface area contributed by atoms with Crippen molar-refractivity contribution in [3.63, 3.8) is 0 Å². The molecule has 4 saturated carbocycles. The van der Waals surface area contributed by atoms with E-state index in [1.54, 1.807) is 0 Å². The van der Waals surface area contributed by atoms with E-state index in [4.69, 9.17) is 0 Å². The van der Waals surface area contributed by atoms with Gasteiger partial charge in [0, 0.05) is 11.6 Å². The summed E-state index contributed by atoms with van der Waals surface area (Å²) in [6.07, 6.45) is 9.95. The van der Waals surface area contributed by atoms with Crippen LogP contribution in [-0.2, 0) is 14.4 Å². The summed E-state index contributed by atoms with van der Waals surface area (Å²) in [5.74, 6) is 0.121. The van der Waals surface area contributed by atoms with Crippen molar-refractivity contribution in [3.8, 4) is 0 Å². The second-order valence-corrected chi connectivity index (χ2v) is 19.2. The quantitative estimate of drug-likeness (QED) is 0.273. The first-order valence-electron chi connectivity index (χ1n) is 19.9. The van der Waals surface area contributed by atoms with Crippen LogP contribution >= 0.6 is 0 Å². The molecule has 1 aromatic carbocycles. The fourth-order valence-corrected chi connectivity index (χ4v) is 12.2. The average Bonchev–Trinajstić information content (AvgIpc) is 3.05. The fourth-order valence-electron chi connectivity index (χ4n) is 12.2. The highest BCUT2D eigenvalue weighted by atomic mass is 16.4. The fraction of sp³-hybridized carbons (Fsp3) is 0.750. The number of aryl methyl sites for hydroxylation is 2. The van der Waals surface area contributed by atoms with Crippen LogP contribution in [0.1, 0.15) is 131 Å². The lowest BCUT2D eigenvalue weighted by molar-refractivity contribution is -0.202. The minimum absolute atomic E-state index is 0.0296. The van der Waals surface area contributed by atoms with Crippen LogP contribution in [0.2, 0.25) is 0 Å². The highest BCUT2D eigenvalue weighted by molar-refractivity contribution is 5.96. The van der Waals surface area contributed by atoms with E-state index in [1.165, 1.54) is 5.57 Å². The van der Waals surface area contributed by atoms with E-state index in [2.05, 4.69) is 65.6 Å². The molecule has 5 aliphatic rings. The predicted octanol–water partition coefficient (Wildman–Crippen LogP) is 9.00. The van der Waals surface area contributed by atoms with Gasteiger partial charge < -0.3 is 15.5 Å². The number of nitrogens with zero attached hydrogens (tertiary/aromatic N) is 1. The number of carbonyl (C=O) groups is 3. The Hall–Kier alpha value is -2.51. The molecule has 1 aromatic rings. The number of rotatable bonds is 6. The Morgan fingerprint density at radius 1 is 0.882 bits per heavy atom. The summed E-state index contributed by atoms with van der Waals surface area (Å²) < 4.78 is 0. The van der Waals surface area contributed by atoms with Gasteiger partial charge in [-0.25, -0.2) is 0 Å². The number of para-hydroxylation sites is 1. The van der Waals surface area contributed by atoms with Gasteiger partial charge in [-0.05, 0) is 148 Å². The van der Waals surface area contributed by atoms with Crippen LogP contribution in [0.5, 0.6) is 0 Å². The molecule has 1 amide bonds. The molecule has 0 radical (unpaired) electrons. The summed E-state index contributed by atoms with van der Waals surface area (Å²) in [6.45, 7) is 26.3. The molecular formula is C44H68N2O5. The molecule has 0 aromatic heterocycles. The summed E-state index contributed by atoms with van der Waals surface area (Å²) in [7, 11) is 0. The number of likely N-dealkylation sites (N-methyl/N-ethyl adjacent to an activating group) is 1.